The molecule has 2 aromatic rings. The molecule has 8 nitrogen and oxygen atoms in total. The van der Waals surface area contributed by atoms with E-state index in [4.69, 9.17) is 14.5 Å². The molecule has 2 bridgehead atoms. The van der Waals surface area contributed by atoms with Gasteiger partial charge in [0, 0.05) is 32.1 Å². The van der Waals surface area contributed by atoms with Gasteiger partial charge in [-0.25, -0.2) is 18.0 Å². The summed E-state index contributed by atoms with van der Waals surface area (Å²) in [5.74, 6) is -1.07. The van der Waals surface area contributed by atoms with Crippen molar-refractivity contribution < 1.29 is 27.4 Å². The molecule has 0 saturated carbocycles. The summed E-state index contributed by atoms with van der Waals surface area (Å²) in [5, 5.41) is 0.301. The van der Waals surface area contributed by atoms with Gasteiger partial charge in [-0.2, -0.15) is 9.97 Å². The van der Waals surface area contributed by atoms with Crippen molar-refractivity contribution in [1.82, 2.24) is 19.8 Å². The molecule has 0 aliphatic carbocycles. The van der Waals surface area contributed by atoms with Crippen molar-refractivity contribution in [2.45, 2.75) is 89.2 Å². The number of hydrogen-bond acceptors (Lipinski definition) is 7. The molecule has 1 aromatic carbocycles. The van der Waals surface area contributed by atoms with E-state index < -0.39 is 28.9 Å². The zero-order valence-corrected chi connectivity index (χ0v) is 23.0. The molecule has 0 spiro atoms. The lowest BCUT2D eigenvalue weighted by molar-refractivity contribution is 0.0122. The minimum Gasteiger partial charge on any atom is -0.461 e. The fourth-order valence-corrected chi connectivity index (χ4v) is 6.98. The number of benzene rings is 1. The van der Waals surface area contributed by atoms with E-state index >= 15 is 4.39 Å². The molecule has 4 saturated heterocycles. The van der Waals surface area contributed by atoms with Crippen molar-refractivity contribution in [2.75, 3.05) is 37.7 Å². The maximum atomic E-state index is 15.1. The summed E-state index contributed by atoms with van der Waals surface area (Å²) < 4.78 is 55.9. The number of hydrogen-bond donors (Lipinski definition) is 0. The van der Waals surface area contributed by atoms with Gasteiger partial charge in [0.15, 0.2) is 5.82 Å². The Morgan fingerprint density at radius 3 is 2.54 bits per heavy atom. The molecule has 4 fully saturated rings. The van der Waals surface area contributed by atoms with E-state index in [1.807, 2.05) is 25.7 Å². The average molecular weight is 548 g/mol. The fraction of sp³-hybridized carbons (Fsp3) is 0.679. The Morgan fingerprint density at radius 2 is 1.85 bits per heavy atom. The van der Waals surface area contributed by atoms with Crippen LogP contribution >= 0.6 is 0 Å². The number of halogens is 3. The summed E-state index contributed by atoms with van der Waals surface area (Å²) in [5.41, 5.74) is -0.768. The van der Waals surface area contributed by atoms with Gasteiger partial charge in [0.1, 0.15) is 35.5 Å². The predicted molar refractivity (Wildman–Crippen MR) is 140 cm³/mol. The predicted octanol–water partition coefficient (Wildman–Crippen LogP) is 4.76. The molecule has 4 atom stereocenters. The molecule has 6 rings (SSSR count). The molecular weight excluding hydrogens is 511 g/mol. The topological polar surface area (TPSA) is 71.0 Å². The van der Waals surface area contributed by atoms with Crippen LogP contribution in [0.3, 0.4) is 0 Å². The molecule has 0 N–H and O–H groups in total. The van der Waals surface area contributed by atoms with Crippen LogP contribution in [-0.4, -0.2) is 88.0 Å². The van der Waals surface area contributed by atoms with E-state index in [0.29, 0.717) is 37.3 Å². The van der Waals surface area contributed by atoms with Crippen LogP contribution in [0.15, 0.2) is 6.07 Å². The standard InChI is InChI=1S/C28H36F3N5O3/c1-16-20(30)10-21(31)23-22(16)24(33-25(32-23)38-15-28-8-5-9-35(28)12-17(29)11-28)34-13-18-6-7-19(14-34)36(18)26(37)39-27(2,3)4/h10,17-19H,5-9,11-15H2,1-4H3/t17-,18-,19+,28+/m1/s1. The first-order valence-corrected chi connectivity index (χ1v) is 13.9. The van der Waals surface area contributed by atoms with Gasteiger partial charge in [0.2, 0.25) is 0 Å². The lowest BCUT2D eigenvalue weighted by Gasteiger charge is -2.42. The number of anilines is 1. The number of aromatic nitrogens is 2. The molecule has 4 aliphatic heterocycles. The van der Waals surface area contributed by atoms with Gasteiger partial charge in [0.25, 0.3) is 0 Å². The largest absolute Gasteiger partial charge is 0.461 e. The first-order chi connectivity index (χ1) is 18.4. The molecule has 4 aliphatic rings. The molecule has 5 heterocycles. The zero-order chi connectivity index (χ0) is 27.7. The Hall–Kier alpha value is -2.82. The summed E-state index contributed by atoms with van der Waals surface area (Å²) in [6, 6.07) is 0.604. The van der Waals surface area contributed by atoms with Gasteiger partial charge in [-0.05, 0) is 65.5 Å². The number of amides is 1. The van der Waals surface area contributed by atoms with Gasteiger partial charge >= 0.3 is 12.1 Å². The van der Waals surface area contributed by atoms with Crippen LogP contribution in [0, 0.1) is 18.6 Å². The first-order valence-electron chi connectivity index (χ1n) is 13.9. The van der Waals surface area contributed by atoms with E-state index in [9.17, 15) is 13.6 Å². The third kappa shape index (κ3) is 4.66. The maximum Gasteiger partial charge on any atom is 0.410 e. The smallest absolute Gasteiger partial charge is 0.410 e. The Balaban J connectivity index is 1.33. The SMILES string of the molecule is Cc1c(F)cc(F)c2nc(OC[C@@]34CCCN3C[C@H](F)C4)nc(N3C[C@H]4CC[C@@H](C3)N4C(=O)OC(C)(C)C)c12. The molecule has 1 amide bonds. The van der Waals surface area contributed by atoms with E-state index in [0.717, 1.165) is 38.3 Å². The van der Waals surface area contributed by atoms with Gasteiger partial charge in [-0.1, -0.05) is 0 Å². The van der Waals surface area contributed by atoms with Crippen LogP contribution in [0.4, 0.5) is 23.8 Å². The van der Waals surface area contributed by atoms with E-state index in [2.05, 4.69) is 9.88 Å². The lowest BCUT2D eigenvalue weighted by atomic mass is 9.95. The normalized spacial score (nSPS) is 28.8. The Morgan fingerprint density at radius 1 is 1.13 bits per heavy atom. The first kappa shape index (κ1) is 26.4. The molecule has 212 valence electrons. The highest BCUT2D eigenvalue weighted by atomic mass is 19.1. The van der Waals surface area contributed by atoms with Crippen LogP contribution in [-0.2, 0) is 4.74 Å². The number of alkyl halides is 1. The molecule has 1 aromatic heterocycles. The van der Waals surface area contributed by atoms with E-state index in [1.54, 1.807) is 11.8 Å². The van der Waals surface area contributed by atoms with Crippen LogP contribution in [0.5, 0.6) is 6.01 Å². The number of carbonyl (C=O) groups excluding carboxylic acids is 1. The summed E-state index contributed by atoms with van der Waals surface area (Å²) in [6.07, 6.45) is 2.54. The summed E-state index contributed by atoms with van der Waals surface area (Å²) in [6.45, 7) is 9.42. The van der Waals surface area contributed by atoms with E-state index in [-0.39, 0.29) is 41.9 Å². The number of nitrogens with zero attached hydrogens (tertiary/aromatic N) is 5. The quantitative estimate of drug-likeness (QED) is 0.547. The Bertz CT molecular complexity index is 1290. The van der Waals surface area contributed by atoms with Crippen LogP contribution in [0.25, 0.3) is 10.9 Å². The molecular formula is C28H36F3N5O3. The van der Waals surface area contributed by atoms with Crippen molar-refractivity contribution in [3.63, 3.8) is 0 Å². The second-order valence-electron chi connectivity index (χ2n) is 12.6. The van der Waals surface area contributed by atoms with Crippen molar-refractivity contribution in [2.24, 2.45) is 0 Å². The summed E-state index contributed by atoms with van der Waals surface area (Å²) >= 11 is 0. The van der Waals surface area contributed by atoms with Gasteiger partial charge in [0.05, 0.1) is 23.0 Å². The van der Waals surface area contributed by atoms with Crippen LogP contribution in [0.2, 0.25) is 0 Å². The molecule has 39 heavy (non-hydrogen) atoms. The molecule has 11 heteroatoms. The average Bonchev–Trinajstić information content (AvgIpc) is 3.47. The maximum absolute atomic E-state index is 15.1. The van der Waals surface area contributed by atoms with Gasteiger partial charge < -0.3 is 14.4 Å². The second kappa shape index (κ2) is 9.38. The number of ether oxygens (including phenoxy) is 2. The van der Waals surface area contributed by atoms with Crippen molar-refractivity contribution >= 4 is 22.8 Å². The number of fused-ring (bicyclic) bond motifs is 4. The van der Waals surface area contributed by atoms with Crippen LogP contribution < -0.4 is 9.64 Å². The fourth-order valence-electron chi connectivity index (χ4n) is 6.98. The third-order valence-corrected chi connectivity index (χ3v) is 8.70. The van der Waals surface area contributed by atoms with E-state index in [1.165, 1.54) is 0 Å². The highest BCUT2D eigenvalue weighted by Gasteiger charge is 2.50. The van der Waals surface area contributed by atoms with Gasteiger partial charge in [-0.3, -0.25) is 9.80 Å². The number of piperazine rings is 1. The molecule has 0 unspecified atom stereocenters. The van der Waals surface area contributed by atoms with Crippen molar-refractivity contribution in [3.8, 4) is 6.01 Å². The Labute approximate surface area is 226 Å². The minimum atomic E-state index is -0.901. The third-order valence-electron chi connectivity index (χ3n) is 8.70. The highest BCUT2D eigenvalue weighted by Crippen LogP contribution is 2.41. The summed E-state index contributed by atoms with van der Waals surface area (Å²) in [4.78, 5) is 27.9. The number of rotatable bonds is 4. The monoisotopic (exact) mass is 547 g/mol. The van der Waals surface area contributed by atoms with Crippen molar-refractivity contribution in [3.05, 3.63) is 23.3 Å². The second-order valence-corrected chi connectivity index (χ2v) is 12.6. The van der Waals surface area contributed by atoms with Gasteiger partial charge in [-0.15, -0.1) is 0 Å². The zero-order valence-electron chi connectivity index (χ0n) is 23.0. The minimum absolute atomic E-state index is 0.00661. The molecule has 0 radical (unpaired) electrons. The number of carbonyl (C=O) groups is 1. The van der Waals surface area contributed by atoms with Crippen molar-refractivity contribution in [1.29, 1.82) is 0 Å². The lowest BCUT2D eigenvalue weighted by Crippen LogP contribution is -2.57. The Kier molecular flexibility index (Phi) is 6.35. The highest BCUT2D eigenvalue weighted by molar-refractivity contribution is 5.93. The number of aryl methyl sites for hydroxylation is 1. The van der Waals surface area contributed by atoms with Crippen LogP contribution in [0.1, 0.15) is 58.4 Å². The summed E-state index contributed by atoms with van der Waals surface area (Å²) in [7, 11) is 0.